The molecule has 1 aliphatic rings. The van der Waals surface area contributed by atoms with Crippen molar-refractivity contribution in [3.8, 4) is 0 Å². The molecule has 1 saturated heterocycles. The number of hydrogen-bond acceptors (Lipinski definition) is 4. The number of nitrogens with one attached hydrogen (secondary N) is 2. The lowest BCUT2D eigenvalue weighted by Crippen LogP contribution is -2.52. The molecule has 3 aromatic rings. The number of thioether (sulfide) groups is 1. The van der Waals surface area contributed by atoms with Crippen LogP contribution in [0.25, 0.3) is 10.9 Å². The number of rotatable bonds is 5. The Hall–Kier alpha value is -2.87. The number of fused-ring (bicyclic) bond motifs is 1. The van der Waals surface area contributed by atoms with Crippen LogP contribution >= 0.6 is 11.8 Å². The molecule has 2 aromatic carbocycles. The van der Waals surface area contributed by atoms with Gasteiger partial charge in [-0.15, -0.1) is 11.8 Å². The van der Waals surface area contributed by atoms with E-state index in [4.69, 9.17) is 0 Å². The predicted octanol–water partition coefficient (Wildman–Crippen LogP) is 2.98. The molecule has 1 aromatic heterocycles. The van der Waals surface area contributed by atoms with Crippen molar-refractivity contribution in [2.24, 2.45) is 0 Å². The Labute approximate surface area is 171 Å². The van der Waals surface area contributed by atoms with E-state index in [0.29, 0.717) is 23.4 Å². The Morgan fingerprint density at radius 3 is 2.93 bits per heavy atom. The van der Waals surface area contributed by atoms with Gasteiger partial charge in [0.05, 0.1) is 17.0 Å². The molecule has 6 nitrogen and oxygen atoms in total. The normalized spacial score (nSPS) is 19.2. The van der Waals surface area contributed by atoms with Gasteiger partial charge in [0.2, 0.25) is 11.8 Å². The second kappa shape index (κ2) is 8.24. The average Bonchev–Trinajstić information content (AvgIpc) is 3.13. The highest BCUT2D eigenvalue weighted by Gasteiger charge is 2.32. The van der Waals surface area contributed by atoms with E-state index in [0.717, 1.165) is 17.4 Å². The van der Waals surface area contributed by atoms with Crippen molar-refractivity contribution in [3.05, 3.63) is 60.0 Å². The molecule has 1 aliphatic heterocycles. The second-order valence-electron chi connectivity index (χ2n) is 6.90. The van der Waals surface area contributed by atoms with Gasteiger partial charge in [0.25, 0.3) is 0 Å². The van der Waals surface area contributed by atoms with Gasteiger partial charge < -0.3 is 10.6 Å². The number of halogens is 1. The van der Waals surface area contributed by atoms with Crippen molar-refractivity contribution in [1.29, 1.82) is 0 Å². The lowest BCUT2D eigenvalue weighted by atomic mass is 10.1. The number of carbonyl (C=O) groups is 2. The molecule has 2 amide bonds. The number of aromatic nitrogens is 2. The summed E-state index contributed by atoms with van der Waals surface area (Å²) in [5, 5.41) is 10.5. The van der Waals surface area contributed by atoms with Crippen LogP contribution < -0.4 is 10.6 Å². The van der Waals surface area contributed by atoms with Gasteiger partial charge in [-0.2, -0.15) is 5.10 Å². The third-order valence-corrected chi connectivity index (χ3v) is 6.27. The molecule has 0 radical (unpaired) electrons. The molecule has 0 unspecified atom stereocenters. The number of nitrogens with zero attached hydrogens (tertiary/aromatic N) is 2. The summed E-state index contributed by atoms with van der Waals surface area (Å²) in [5.74, 6) is -0.394. The number of aryl methyl sites for hydroxylation is 1. The largest absolute Gasteiger partial charge is 0.343 e. The van der Waals surface area contributed by atoms with E-state index in [2.05, 4.69) is 15.7 Å². The van der Waals surface area contributed by atoms with Gasteiger partial charge in [-0.05, 0) is 43.2 Å². The summed E-state index contributed by atoms with van der Waals surface area (Å²) in [6.07, 6.45) is 2.09. The number of carbonyl (C=O) groups excluding carboxylic acids is 2. The summed E-state index contributed by atoms with van der Waals surface area (Å²) in [6.45, 7) is 2.74. The van der Waals surface area contributed by atoms with Crippen molar-refractivity contribution in [2.45, 2.75) is 31.2 Å². The van der Waals surface area contributed by atoms with Crippen molar-refractivity contribution in [1.82, 2.24) is 15.1 Å². The molecule has 150 valence electrons. The summed E-state index contributed by atoms with van der Waals surface area (Å²) < 4.78 is 15.7. The number of hydrogen-bond donors (Lipinski definition) is 2. The van der Waals surface area contributed by atoms with E-state index >= 15 is 0 Å². The summed E-state index contributed by atoms with van der Waals surface area (Å²) in [6, 6.07) is 11.4. The third-order valence-electron chi connectivity index (χ3n) is 4.96. The molecule has 2 N–H and O–H groups in total. The summed E-state index contributed by atoms with van der Waals surface area (Å²) >= 11 is 1.38. The molecule has 1 fully saturated rings. The first-order valence-electron chi connectivity index (χ1n) is 9.47. The van der Waals surface area contributed by atoms with Crippen molar-refractivity contribution >= 4 is 40.2 Å². The average molecular weight is 412 g/mol. The lowest BCUT2D eigenvalue weighted by molar-refractivity contribution is -0.126. The lowest BCUT2D eigenvalue weighted by Gasteiger charge is -2.28. The Kier molecular flexibility index (Phi) is 5.53. The van der Waals surface area contributed by atoms with E-state index in [9.17, 15) is 14.0 Å². The Morgan fingerprint density at radius 1 is 1.34 bits per heavy atom. The van der Waals surface area contributed by atoms with E-state index < -0.39 is 11.3 Å². The first-order valence-corrected chi connectivity index (χ1v) is 10.5. The van der Waals surface area contributed by atoms with Gasteiger partial charge in [0.15, 0.2) is 0 Å². The van der Waals surface area contributed by atoms with Gasteiger partial charge in [-0.25, -0.2) is 4.39 Å². The second-order valence-corrected chi connectivity index (χ2v) is 8.14. The van der Waals surface area contributed by atoms with Crippen molar-refractivity contribution in [3.63, 3.8) is 0 Å². The van der Waals surface area contributed by atoms with Crippen LogP contribution in [0.3, 0.4) is 0 Å². The number of anilines is 1. The van der Waals surface area contributed by atoms with E-state index in [1.807, 2.05) is 29.8 Å². The maximum absolute atomic E-state index is 13.8. The van der Waals surface area contributed by atoms with Crippen LogP contribution in [0.1, 0.15) is 12.5 Å². The first kappa shape index (κ1) is 19.4. The molecular weight excluding hydrogens is 391 g/mol. The van der Waals surface area contributed by atoms with Crippen LogP contribution in [0.4, 0.5) is 10.1 Å². The van der Waals surface area contributed by atoms with E-state index in [1.54, 1.807) is 24.4 Å². The molecule has 4 rings (SSSR count). The first-order chi connectivity index (χ1) is 14.0. The molecular formula is C21H21FN4O2S. The summed E-state index contributed by atoms with van der Waals surface area (Å²) in [5.41, 5.74) is 2.10. The smallest absolute Gasteiger partial charge is 0.247 e. The molecule has 0 aliphatic carbocycles. The summed E-state index contributed by atoms with van der Waals surface area (Å²) in [4.78, 5) is 25.1. The van der Waals surface area contributed by atoms with Crippen LogP contribution in [0, 0.1) is 5.82 Å². The SMILES string of the molecule is CCn1ncc2ccc(NC(=O)[C@H]3CS[C@@H](Cc4ccccc4F)C(=O)N3)cc21. The topological polar surface area (TPSA) is 76.0 Å². The fourth-order valence-electron chi connectivity index (χ4n) is 3.38. The molecule has 2 atom stereocenters. The van der Waals surface area contributed by atoms with E-state index in [1.165, 1.54) is 17.8 Å². The zero-order valence-electron chi connectivity index (χ0n) is 15.9. The zero-order chi connectivity index (χ0) is 20.4. The number of benzene rings is 2. The monoisotopic (exact) mass is 412 g/mol. The van der Waals surface area contributed by atoms with E-state index in [-0.39, 0.29) is 17.6 Å². The third kappa shape index (κ3) is 4.12. The molecule has 0 saturated carbocycles. The highest BCUT2D eigenvalue weighted by Crippen LogP contribution is 2.24. The van der Waals surface area contributed by atoms with Crippen LogP contribution in [0.15, 0.2) is 48.7 Å². The fourth-order valence-corrected chi connectivity index (χ4v) is 4.56. The molecule has 2 heterocycles. The maximum Gasteiger partial charge on any atom is 0.247 e. The molecule has 8 heteroatoms. The van der Waals surface area contributed by atoms with Gasteiger partial charge in [0, 0.05) is 23.4 Å². The Balaban J connectivity index is 1.39. The number of amides is 2. The van der Waals surface area contributed by atoms with Crippen LogP contribution in [0.2, 0.25) is 0 Å². The van der Waals surface area contributed by atoms with Crippen LogP contribution in [-0.2, 0) is 22.6 Å². The standard InChI is InChI=1S/C21H21FN4O2S/c1-2-26-18-10-15(8-7-14(18)11-23-26)24-20(27)17-12-29-19(21(28)25-17)9-13-5-3-4-6-16(13)22/h3-8,10-11,17,19H,2,9,12H2,1H3,(H,24,27)(H,25,28)/t17-,19+/m1/s1. The Bertz CT molecular complexity index is 1070. The van der Waals surface area contributed by atoms with Crippen molar-refractivity contribution in [2.75, 3.05) is 11.1 Å². The van der Waals surface area contributed by atoms with Crippen LogP contribution in [0.5, 0.6) is 0 Å². The Morgan fingerprint density at radius 2 is 2.17 bits per heavy atom. The molecule has 29 heavy (non-hydrogen) atoms. The van der Waals surface area contributed by atoms with Crippen molar-refractivity contribution < 1.29 is 14.0 Å². The molecule has 0 spiro atoms. The summed E-state index contributed by atoms with van der Waals surface area (Å²) in [7, 11) is 0. The fraction of sp³-hybridized carbons (Fsp3) is 0.286. The van der Waals surface area contributed by atoms with Gasteiger partial charge in [-0.1, -0.05) is 18.2 Å². The quantitative estimate of drug-likeness (QED) is 0.676. The van der Waals surface area contributed by atoms with Gasteiger partial charge in [0.1, 0.15) is 11.9 Å². The minimum Gasteiger partial charge on any atom is -0.343 e. The predicted molar refractivity (Wildman–Crippen MR) is 112 cm³/mol. The van der Waals surface area contributed by atoms with Crippen LogP contribution in [-0.4, -0.2) is 38.6 Å². The molecule has 0 bridgehead atoms. The highest BCUT2D eigenvalue weighted by molar-refractivity contribution is 8.00. The minimum atomic E-state index is -0.629. The van der Waals surface area contributed by atoms with Gasteiger partial charge >= 0.3 is 0 Å². The van der Waals surface area contributed by atoms with Gasteiger partial charge in [-0.3, -0.25) is 14.3 Å². The zero-order valence-corrected chi connectivity index (χ0v) is 16.7. The minimum absolute atomic E-state index is 0.246. The maximum atomic E-state index is 13.8. The highest BCUT2D eigenvalue weighted by atomic mass is 32.2.